The molecule has 1 fully saturated rings. The first kappa shape index (κ1) is 13.8. The van der Waals surface area contributed by atoms with Gasteiger partial charge in [-0.1, -0.05) is 18.0 Å². The van der Waals surface area contributed by atoms with Gasteiger partial charge in [-0.3, -0.25) is 4.79 Å². The molecule has 0 saturated heterocycles. The average Bonchev–Trinajstić information content (AvgIpc) is 2.78. The molecule has 4 N–H and O–H groups in total. The van der Waals surface area contributed by atoms with Crippen molar-refractivity contribution in [1.82, 2.24) is 5.32 Å². The molecule has 0 bridgehead atoms. The van der Waals surface area contributed by atoms with Crippen molar-refractivity contribution in [3.63, 3.8) is 0 Å². The summed E-state index contributed by atoms with van der Waals surface area (Å²) in [6.07, 6.45) is 3.10. The Kier molecular flexibility index (Phi) is 4.74. The third kappa shape index (κ3) is 2.88. The van der Waals surface area contributed by atoms with Gasteiger partial charge in [0.25, 0.3) is 0 Å². The summed E-state index contributed by atoms with van der Waals surface area (Å²) in [7, 11) is 1.58. The van der Waals surface area contributed by atoms with Gasteiger partial charge in [-0.05, 0) is 19.8 Å². The highest BCUT2D eigenvalue weighted by Crippen LogP contribution is 2.38. The SMILES string of the molecule is COCC(C)NC(=O)C1(C(N)=NO)CCCC1. The van der Waals surface area contributed by atoms with Gasteiger partial charge in [0.1, 0.15) is 5.41 Å². The average molecular weight is 243 g/mol. The summed E-state index contributed by atoms with van der Waals surface area (Å²) in [4.78, 5) is 12.2. The number of rotatable bonds is 5. The first-order chi connectivity index (χ1) is 8.06. The Morgan fingerprint density at radius 3 is 2.65 bits per heavy atom. The lowest BCUT2D eigenvalue weighted by molar-refractivity contribution is -0.128. The van der Waals surface area contributed by atoms with Crippen molar-refractivity contribution < 1.29 is 14.7 Å². The Bertz CT molecular complexity index is 298. The highest BCUT2D eigenvalue weighted by Gasteiger charge is 2.45. The van der Waals surface area contributed by atoms with E-state index < -0.39 is 5.41 Å². The Labute approximate surface area is 101 Å². The van der Waals surface area contributed by atoms with E-state index in [0.717, 1.165) is 12.8 Å². The van der Waals surface area contributed by atoms with Crippen LogP contribution in [0.15, 0.2) is 5.16 Å². The first-order valence-corrected chi connectivity index (χ1v) is 5.84. The number of amides is 1. The van der Waals surface area contributed by atoms with Crippen LogP contribution in [-0.4, -0.2) is 36.7 Å². The fraction of sp³-hybridized carbons (Fsp3) is 0.818. The summed E-state index contributed by atoms with van der Waals surface area (Å²) in [5.41, 5.74) is 4.84. The maximum absolute atomic E-state index is 12.2. The number of carbonyl (C=O) groups is 1. The molecule has 1 aliphatic carbocycles. The van der Waals surface area contributed by atoms with Gasteiger partial charge in [0.2, 0.25) is 5.91 Å². The van der Waals surface area contributed by atoms with Gasteiger partial charge in [-0.2, -0.15) is 0 Å². The molecule has 0 aromatic heterocycles. The molecule has 0 aromatic carbocycles. The molecule has 1 unspecified atom stereocenters. The second-order valence-corrected chi connectivity index (χ2v) is 4.60. The zero-order chi connectivity index (χ0) is 12.9. The molecule has 1 saturated carbocycles. The molecule has 1 atom stereocenters. The topological polar surface area (TPSA) is 96.9 Å². The van der Waals surface area contributed by atoms with Crippen molar-refractivity contribution in [3.8, 4) is 0 Å². The zero-order valence-corrected chi connectivity index (χ0v) is 10.4. The molecule has 98 valence electrons. The van der Waals surface area contributed by atoms with Crippen molar-refractivity contribution in [2.45, 2.75) is 38.6 Å². The number of nitrogens with two attached hydrogens (primary N) is 1. The van der Waals surface area contributed by atoms with Crippen LogP contribution >= 0.6 is 0 Å². The zero-order valence-electron chi connectivity index (χ0n) is 10.4. The van der Waals surface area contributed by atoms with Crippen molar-refractivity contribution in [2.75, 3.05) is 13.7 Å². The van der Waals surface area contributed by atoms with Crippen LogP contribution < -0.4 is 11.1 Å². The lowest BCUT2D eigenvalue weighted by atomic mass is 9.83. The largest absolute Gasteiger partial charge is 0.409 e. The number of nitrogens with zero attached hydrogens (tertiary/aromatic N) is 1. The predicted molar refractivity (Wildman–Crippen MR) is 63.8 cm³/mol. The van der Waals surface area contributed by atoms with E-state index in [4.69, 9.17) is 15.7 Å². The smallest absolute Gasteiger partial charge is 0.234 e. The number of hydrogen-bond donors (Lipinski definition) is 3. The molecule has 1 aliphatic rings. The maximum Gasteiger partial charge on any atom is 0.234 e. The van der Waals surface area contributed by atoms with Gasteiger partial charge in [0.05, 0.1) is 6.61 Å². The van der Waals surface area contributed by atoms with Crippen LogP contribution in [0.3, 0.4) is 0 Å². The quantitative estimate of drug-likeness (QED) is 0.282. The van der Waals surface area contributed by atoms with Crippen molar-refractivity contribution in [1.29, 1.82) is 0 Å². The van der Waals surface area contributed by atoms with Crippen LogP contribution in [-0.2, 0) is 9.53 Å². The molecule has 0 spiro atoms. The van der Waals surface area contributed by atoms with Crippen LogP contribution in [0.5, 0.6) is 0 Å². The normalized spacial score (nSPS) is 21.2. The molecule has 0 aliphatic heterocycles. The van der Waals surface area contributed by atoms with Crippen LogP contribution in [0.2, 0.25) is 0 Å². The first-order valence-electron chi connectivity index (χ1n) is 5.84. The van der Waals surface area contributed by atoms with Crippen LogP contribution in [0, 0.1) is 5.41 Å². The number of methoxy groups -OCH3 is 1. The lowest BCUT2D eigenvalue weighted by Gasteiger charge is -2.27. The van der Waals surface area contributed by atoms with Crippen LogP contribution in [0.25, 0.3) is 0 Å². The van der Waals surface area contributed by atoms with Gasteiger partial charge in [-0.15, -0.1) is 0 Å². The van der Waals surface area contributed by atoms with Crippen LogP contribution in [0.4, 0.5) is 0 Å². The summed E-state index contributed by atoms with van der Waals surface area (Å²) >= 11 is 0. The highest BCUT2D eigenvalue weighted by molar-refractivity contribution is 6.07. The highest BCUT2D eigenvalue weighted by atomic mass is 16.5. The minimum Gasteiger partial charge on any atom is -0.409 e. The molecule has 17 heavy (non-hydrogen) atoms. The van der Waals surface area contributed by atoms with Gasteiger partial charge < -0.3 is 21.0 Å². The molecule has 0 aromatic rings. The van der Waals surface area contributed by atoms with Crippen LogP contribution in [0.1, 0.15) is 32.6 Å². The summed E-state index contributed by atoms with van der Waals surface area (Å²) in [5, 5.41) is 14.7. The van der Waals surface area contributed by atoms with Crippen molar-refractivity contribution in [3.05, 3.63) is 0 Å². The minimum atomic E-state index is -0.837. The molecule has 1 rings (SSSR count). The number of nitrogens with one attached hydrogen (secondary N) is 1. The Balaban J connectivity index is 2.75. The fourth-order valence-corrected chi connectivity index (χ4v) is 2.33. The van der Waals surface area contributed by atoms with E-state index in [1.807, 2.05) is 6.92 Å². The van der Waals surface area contributed by atoms with E-state index in [1.165, 1.54) is 0 Å². The molecule has 6 nitrogen and oxygen atoms in total. The second-order valence-electron chi connectivity index (χ2n) is 4.60. The van der Waals surface area contributed by atoms with Gasteiger partial charge in [0.15, 0.2) is 5.84 Å². The standard InChI is InChI=1S/C11H21N3O3/c1-8(7-17-2)13-10(15)11(9(12)14-16)5-3-4-6-11/h8,16H,3-7H2,1-2H3,(H2,12,14)(H,13,15). The fourth-order valence-electron chi connectivity index (χ4n) is 2.33. The molecule has 6 heteroatoms. The summed E-state index contributed by atoms with van der Waals surface area (Å²) < 4.78 is 4.96. The number of ether oxygens (including phenoxy) is 1. The van der Waals surface area contributed by atoms with Gasteiger partial charge in [-0.25, -0.2) is 0 Å². The monoisotopic (exact) mass is 243 g/mol. The molecular formula is C11H21N3O3. The number of amidine groups is 1. The maximum atomic E-state index is 12.2. The lowest BCUT2D eigenvalue weighted by Crippen LogP contribution is -2.51. The molecule has 0 heterocycles. The number of hydrogen-bond acceptors (Lipinski definition) is 4. The van der Waals surface area contributed by atoms with Crippen molar-refractivity contribution in [2.24, 2.45) is 16.3 Å². The van der Waals surface area contributed by atoms with Crippen molar-refractivity contribution >= 4 is 11.7 Å². The van der Waals surface area contributed by atoms with E-state index in [1.54, 1.807) is 7.11 Å². The van der Waals surface area contributed by atoms with E-state index in [2.05, 4.69) is 10.5 Å². The van der Waals surface area contributed by atoms with E-state index in [9.17, 15) is 4.79 Å². The molecular weight excluding hydrogens is 222 g/mol. The molecule has 0 radical (unpaired) electrons. The summed E-state index contributed by atoms with van der Waals surface area (Å²) in [6.45, 7) is 2.30. The second kappa shape index (κ2) is 5.86. The Hall–Kier alpha value is -1.30. The third-order valence-corrected chi connectivity index (χ3v) is 3.28. The minimum absolute atomic E-state index is 0.0112. The van der Waals surface area contributed by atoms with E-state index in [-0.39, 0.29) is 17.8 Å². The van der Waals surface area contributed by atoms with E-state index >= 15 is 0 Å². The Morgan fingerprint density at radius 2 is 2.18 bits per heavy atom. The third-order valence-electron chi connectivity index (χ3n) is 3.28. The summed E-state index contributed by atoms with van der Waals surface area (Å²) in [6, 6.07) is -0.0866. The summed E-state index contributed by atoms with van der Waals surface area (Å²) in [5.74, 6) is -0.160. The Morgan fingerprint density at radius 1 is 1.59 bits per heavy atom. The number of carbonyl (C=O) groups excluding carboxylic acids is 1. The van der Waals surface area contributed by atoms with Gasteiger partial charge >= 0.3 is 0 Å². The van der Waals surface area contributed by atoms with E-state index in [0.29, 0.717) is 19.4 Å². The number of oxime groups is 1. The molecule has 1 amide bonds. The van der Waals surface area contributed by atoms with Gasteiger partial charge in [0, 0.05) is 13.2 Å². The predicted octanol–water partition coefficient (Wildman–Crippen LogP) is 0.444.